The molecule has 0 heterocycles. The van der Waals surface area contributed by atoms with Crippen molar-refractivity contribution in [3.63, 3.8) is 0 Å². The van der Waals surface area contributed by atoms with Crippen molar-refractivity contribution in [2.45, 2.75) is 39.2 Å². The highest BCUT2D eigenvalue weighted by Crippen LogP contribution is 2.34. The van der Waals surface area contributed by atoms with Gasteiger partial charge in [0.05, 0.1) is 5.56 Å². The summed E-state index contributed by atoms with van der Waals surface area (Å²) in [5, 5.41) is 12.4. The van der Waals surface area contributed by atoms with Crippen molar-refractivity contribution < 1.29 is 9.90 Å². The van der Waals surface area contributed by atoms with Crippen molar-refractivity contribution in [3.8, 4) is 0 Å². The number of carboxylic acid groups (broad SMARTS) is 1. The van der Waals surface area contributed by atoms with E-state index >= 15 is 0 Å². The lowest BCUT2D eigenvalue weighted by Gasteiger charge is -2.17. The van der Waals surface area contributed by atoms with Gasteiger partial charge in [0, 0.05) is 11.7 Å². The number of hydrogen-bond acceptors (Lipinski definition) is 2. The van der Waals surface area contributed by atoms with E-state index in [1.54, 1.807) is 12.1 Å². The van der Waals surface area contributed by atoms with Gasteiger partial charge in [-0.15, -0.1) is 0 Å². The van der Waals surface area contributed by atoms with Crippen LogP contribution in [0.25, 0.3) is 0 Å². The summed E-state index contributed by atoms with van der Waals surface area (Å²) in [6, 6.07) is 5.63. The van der Waals surface area contributed by atoms with Gasteiger partial charge in [0.25, 0.3) is 0 Å². The molecular weight excluding hydrogens is 214 g/mol. The molecule has 17 heavy (non-hydrogen) atoms. The summed E-state index contributed by atoms with van der Waals surface area (Å²) in [6.07, 6.45) is 3.87. The van der Waals surface area contributed by atoms with Crippen molar-refractivity contribution in [2.75, 3.05) is 5.32 Å². The zero-order chi connectivity index (χ0) is 12.4. The Balaban J connectivity index is 2.07. The van der Waals surface area contributed by atoms with Gasteiger partial charge in [0.2, 0.25) is 0 Å². The summed E-state index contributed by atoms with van der Waals surface area (Å²) in [4.78, 5) is 10.9. The molecule has 1 aromatic carbocycles. The number of aromatic carboxylic acids is 1. The summed E-state index contributed by atoms with van der Waals surface area (Å²) < 4.78 is 0. The number of rotatable bonds is 5. The molecule has 0 aromatic heterocycles. The largest absolute Gasteiger partial charge is 0.478 e. The Kier molecular flexibility index (Phi) is 3.36. The molecule has 0 aliphatic heterocycles. The molecule has 0 amide bonds. The van der Waals surface area contributed by atoms with Crippen molar-refractivity contribution in [3.05, 3.63) is 29.3 Å². The fraction of sp³-hybridized carbons (Fsp3) is 0.500. The molecular formula is C14H19NO2. The molecule has 3 heteroatoms. The molecule has 0 bridgehead atoms. The van der Waals surface area contributed by atoms with Crippen LogP contribution in [0.15, 0.2) is 18.2 Å². The topological polar surface area (TPSA) is 49.3 Å². The second-order valence-corrected chi connectivity index (χ2v) is 5.06. The van der Waals surface area contributed by atoms with Crippen molar-refractivity contribution >= 4 is 11.7 Å². The quantitative estimate of drug-likeness (QED) is 0.820. The van der Waals surface area contributed by atoms with E-state index < -0.39 is 5.97 Å². The van der Waals surface area contributed by atoms with Crippen LogP contribution in [0.3, 0.4) is 0 Å². The lowest BCUT2D eigenvalue weighted by atomic mass is 10.1. The van der Waals surface area contributed by atoms with Gasteiger partial charge in [-0.25, -0.2) is 4.79 Å². The Labute approximate surface area is 102 Å². The highest BCUT2D eigenvalue weighted by atomic mass is 16.4. The van der Waals surface area contributed by atoms with E-state index in [2.05, 4.69) is 12.2 Å². The molecule has 2 N–H and O–H groups in total. The predicted molar refractivity (Wildman–Crippen MR) is 68.6 cm³/mol. The van der Waals surface area contributed by atoms with E-state index in [1.165, 1.54) is 19.3 Å². The summed E-state index contributed by atoms with van der Waals surface area (Å²) in [6.45, 7) is 4.16. The SMILES string of the molecule is Cc1ccc(C(=O)O)cc1NC(C)CC1CC1. The summed E-state index contributed by atoms with van der Waals surface area (Å²) in [5.41, 5.74) is 2.38. The third kappa shape index (κ3) is 3.22. The van der Waals surface area contributed by atoms with Crippen LogP contribution in [0.1, 0.15) is 42.1 Å². The fourth-order valence-corrected chi connectivity index (χ4v) is 2.09. The number of aryl methyl sites for hydroxylation is 1. The first-order valence-electron chi connectivity index (χ1n) is 6.16. The van der Waals surface area contributed by atoms with Crippen molar-refractivity contribution in [2.24, 2.45) is 5.92 Å². The van der Waals surface area contributed by atoms with Crippen LogP contribution in [0, 0.1) is 12.8 Å². The van der Waals surface area contributed by atoms with Gasteiger partial charge >= 0.3 is 5.97 Å². The second-order valence-electron chi connectivity index (χ2n) is 5.06. The maximum atomic E-state index is 10.9. The van der Waals surface area contributed by atoms with Gasteiger partial charge in [-0.1, -0.05) is 18.9 Å². The smallest absolute Gasteiger partial charge is 0.335 e. The molecule has 1 aromatic rings. The minimum absolute atomic E-state index is 0.344. The Bertz CT molecular complexity index is 424. The third-order valence-corrected chi connectivity index (χ3v) is 3.27. The van der Waals surface area contributed by atoms with E-state index in [9.17, 15) is 4.79 Å². The maximum absolute atomic E-state index is 10.9. The second kappa shape index (κ2) is 4.78. The molecule has 0 saturated heterocycles. The Morgan fingerprint density at radius 2 is 2.24 bits per heavy atom. The fourth-order valence-electron chi connectivity index (χ4n) is 2.09. The minimum Gasteiger partial charge on any atom is -0.478 e. The van der Waals surface area contributed by atoms with Crippen LogP contribution in [-0.2, 0) is 0 Å². The van der Waals surface area contributed by atoms with Gasteiger partial charge in [0.1, 0.15) is 0 Å². The van der Waals surface area contributed by atoms with Crippen LogP contribution >= 0.6 is 0 Å². The average molecular weight is 233 g/mol. The first-order valence-corrected chi connectivity index (χ1v) is 6.16. The number of anilines is 1. The Morgan fingerprint density at radius 1 is 1.53 bits per heavy atom. The lowest BCUT2D eigenvalue weighted by Crippen LogP contribution is -2.16. The van der Waals surface area contributed by atoms with E-state index in [0.717, 1.165) is 17.2 Å². The average Bonchev–Trinajstić information content (AvgIpc) is 3.04. The first kappa shape index (κ1) is 12.0. The Hall–Kier alpha value is -1.51. The predicted octanol–water partition coefficient (Wildman–Crippen LogP) is 3.29. The molecule has 0 radical (unpaired) electrons. The van der Waals surface area contributed by atoms with E-state index in [-0.39, 0.29) is 0 Å². The Morgan fingerprint density at radius 3 is 2.82 bits per heavy atom. The number of benzene rings is 1. The molecule has 0 spiro atoms. The highest BCUT2D eigenvalue weighted by molar-refractivity contribution is 5.89. The van der Waals surface area contributed by atoms with E-state index in [0.29, 0.717) is 11.6 Å². The van der Waals surface area contributed by atoms with Gasteiger partial charge in [-0.3, -0.25) is 0 Å². The van der Waals surface area contributed by atoms with Crippen LogP contribution < -0.4 is 5.32 Å². The third-order valence-electron chi connectivity index (χ3n) is 3.27. The molecule has 1 aliphatic rings. The molecule has 1 saturated carbocycles. The van der Waals surface area contributed by atoms with Crippen molar-refractivity contribution in [1.29, 1.82) is 0 Å². The van der Waals surface area contributed by atoms with Crippen LogP contribution in [0.4, 0.5) is 5.69 Å². The maximum Gasteiger partial charge on any atom is 0.335 e. The number of hydrogen-bond donors (Lipinski definition) is 2. The van der Waals surface area contributed by atoms with E-state index in [1.807, 2.05) is 13.0 Å². The van der Waals surface area contributed by atoms with E-state index in [4.69, 9.17) is 5.11 Å². The molecule has 1 unspecified atom stereocenters. The monoisotopic (exact) mass is 233 g/mol. The zero-order valence-electron chi connectivity index (χ0n) is 10.4. The minimum atomic E-state index is -0.872. The number of nitrogens with one attached hydrogen (secondary N) is 1. The highest BCUT2D eigenvalue weighted by Gasteiger charge is 2.23. The molecule has 92 valence electrons. The lowest BCUT2D eigenvalue weighted by molar-refractivity contribution is 0.0697. The van der Waals surface area contributed by atoms with Gasteiger partial charge in [0.15, 0.2) is 0 Å². The summed E-state index contributed by atoms with van der Waals surface area (Å²) >= 11 is 0. The molecule has 1 atom stereocenters. The zero-order valence-corrected chi connectivity index (χ0v) is 10.4. The van der Waals surface area contributed by atoms with Crippen molar-refractivity contribution in [1.82, 2.24) is 0 Å². The summed E-state index contributed by atoms with van der Waals surface area (Å²) in [5.74, 6) is 0.00311. The normalized spacial score (nSPS) is 16.6. The number of carbonyl (C=O) groups is 1. The van der Waals surface area contributed by atoms with Crippen LogP contribution in [0.2, 0.25) is 0 Å². The van der Waals surface area contributed by atoms with Gasteiger partial charge in [-0.05, 0) is 43.9 Å². The standard InChI is InChI=1S/C14H19NO2/c1-9-3-6-12(14(16)17)8-13(9)15-10(2)7-11-4-5-11/h3,6,8,10-11,15H,4-5,7H2,1-2H3,(H,16,17). The van der Waals surface area contributed by atoms with Crippen LogP contribution in [-0.4, -0.2) is 17.1 Å². The molecule has 1 aliphatic carbocycles. The van der Waals surface area contributed by atoms with Gasteiger partial charge in [-0.2, -0.15) is 0 Å². The van der Waals surface area contributed by atoms with Crippen LogP contribution in [0.5, 0.6) is 0 Å². The molecule has 2 rings (SSSR count). The molecule has 3 nitrogen and oxygen atoms in total. The first-order chi connectivity index (χ1) is 8.06. The summed E-state index contributed by atoms with van der Waals surface area (Å²) in [7, 11) is 0. The number of carboxylic acids is 1. The van der Waals surface area contributed by atoms with Gasteiger partial charge < -0.3 is 10.4 Å². The molecule has 1 fully saturated rings.